The molecule has 2 heterocycles. The third kappa shape index (κ3) is 4.15. The number of nitrogens with two attached hydrogens (primary N) is 3. The predicted molar refractivity (Wildman–Crippen MR) is 131 cm³/mol. The fraction of sp³-hybridized carbons (Fsp3) is 0.200. The lowest BCUT2D eigenvalue weighted by Crippen LogP contribution is -2.30. The van der Waals surface area contributed by atoms with Crippen LogP contribution in [-0.4, -0.2) is 33.0 Å². The lowest BCUT2D eigenvalue weighted by Gasteiger charge is -2.35. The zero-order chi connectivity index (χ0) is 23.7. The summed E-state index contributed by atoms with van der Waals surface area (Å²) < 4.78 is 7.76. The summed E-state index contributed by atoms with van der Waals surface area (Å²) >= 11 is 0. The normalized spacial score (nSPS) is 17.2. The topological polar surface area (TPSA) is 147 Å². The Bertz CT molecular complexity index is 1370. The van der Waals surface area contributed by atoms with Crippen molar-refractivity contribution in [3.8, 4) is 16.9 Å². The molecule has 1 aliphatic carbocycles. The van der Waals surface area contributed by atoms with Gasteiger partial charge >= 0.3 is 5.97 Å². The summed E-state index contributed by atoms with van der Waals surface area (Å²) in [7, 11) is 0. The highest BCUT2D eigenvalue weighted by atomic mass is 16.5. The number of esters is 1. The van der Waals surface area contributed by atoms with Gasteiger partial charge in [0.2, 0.25) is 0 Å². The van der Waals surface area contributed by atoms with Crippen molar-refractivity contribution in [1.29, 1.82) is 0 Å². The number of nitrogen functional groups attached to an aromatic ring is 1. The van der Waals surface area contributed by atoms with E-state index in [9.17, 15) is 4.79 Å². The number of guanidine groups is 1. The zero-order valence-electron chi connectivity index (χ0n) is 18.5. The molecule has 34 heavy (non-hydrogen) atoms. The summed E-state index contributed by atoms with van der Waals surface area (Å²) in [4.78, 5) is 25.4. The first-order valence-corrected chi connectivity index (χ1v) is 11.0. The number of carbonyl (C=O) groups excluding carboxylic acids is 1. The molecular weight excluding hydrogens is 430 g/mol. The molecule has 1 saturated carbocycles. The number of anilines is 1. The van der Waals surface area contributed by atoms with E-state index >= 15 is 0 Å². The second-order valence-corrected chi connectivity index (χ2v) is 8.45. The molecule has 1 fully saturated rings. The minimum atomic E-state index is -0.413. The van der Waals surface area contributed by atoms with Gasteiger partial charge in [-0.25, -0.2) is 14.8 Å². The van der Waals surface area contributed by atoms with Crippen molar-refractivity contribution in [3.05, 3.63) is 72.7 Å². The van der Waals surface area contributed by atoms with Gasteiger partial charge in [-0.3, -0.25) is 4.99 Å². The number of benzene rings is 2. The maximum atomic E-state index is 12.5. The molecule has 6 N–H and O–H groups in total. The number of hydrogen-bond donors (Lipinski definition) is 3. The van der Waals surface area contributed by atoms with E-state index in [4.69, 9.17) is 21.9 Å². The Kier molecular flexibility index (Phi) is 5.59. The summed E-state index contributed by atoms with van der Waals surface area (Å²) in [5.74, 6) is 0.980. The number of carbonyl (C=O) groups is 1. The van der Waals surface area contributed by atoms with E-state index in [2.05, 4.69) is 25.7 Å². The fourth-order valence-electron chi connectivity index (χ4n) is 4.38. The summed E-state index contributed by atoms with van der Waals surface area (Å²) in [6.45, 7) is 0.622. The highest BCUT2D eigenvalue weighted by Gasteiger charge is 2.32. The van der Waals surface area contributed by atoms with Crippen LogP contribution in [0.1, 0.15) is 29.2 Å². The Morgan fingerprint density at radius 3 is 2.65 bits per heavy atom. The number of rotatable bonds is 6. The van der Waals surface area contributed by atoms with Gasteiger partial charge < -0.3 is 26.5 Å². The molecule has 0 saturated heterocycles. The number of nitrogens with zero attached hydrogens (tertiary/aromatic N) is 4. The van der Waals surface area contributed by atoms with Crippen molar-refractivity contribution in [2.45, 2.75) is 18.9 Å². The van der Waals surface area contributed by atoms with Crippen LogP contribution in [0.5, 0.6) is 5.75 Å². The number of aliphatic imine (C=N–C) groups is 1. The third-order valence-corrected chi connectivity index (χ3v) is 6.14. The molecule has 0 radical (unpaired) electrons. The largest absolute Gasteiger partial charge is 0.423 e. The summed E-state index contributed by atoms with van der Waals surface area (Å²) in [5, 5.41) is 0.779. The standard InChI is InChI=1S/C25H25N7O2/c26-22-21-20(17-7-4-8-19(11-17)34-24(33)16-5-2-1-3-6-16)13-32(23(21)31-14-30-22)18-9-15(10-18)12-29-25(27)28/h1-8,11,13-15,18H,9-10,12H2,(H2,26,30,31)(H4,27,28,29). The van der Waals surface area contributed by atoms with Gasteiger partial charge in [-0.15, -0.1) is 0 Å². The summed E-state index contributed by atoms with van der Waals surface area (Å²) in [6, 6.07) is 16.5. The van der Waals surface area contributed by atoms with Gasteiger partial charge in [-0.1, -0.05) is 30.3 Å². The van der Waals surface area contributed by atoms with Crippen LogP contribution in [0.2, 0.25) is 0 Å². The number of ether oxygens (including phenoxy) is 1. The van der Waals surface area contributed by atoms with Crippen LogP contribution in [-0.2, 0) is 0 Å². The molecule has 2 aromatic carbocycles. The molecule has 1 aliphatic rings. The lowest BCUT2D eigenvalue weighted by molar-refractivity contribution is 0.0735. The van der Waals surface area contributed by atoms with Crippen LogP contribution in [0, 0.1) is 5.92 Å². The first-order valence-electron chi connectivity index (χ1n) is 11.0. The molecule has 9 heteroatoms. The molecule has 0 unspecified atom stereocenters. The minimum Gasteiger partial charge on any atom is -0.423 e. The van der Waals surface area contributed by atoms with Crippen LogP contribution in [0.4, 0.5) is 5.82 Å². The molecule has 0 amide bonds. The van der Waals surface area contributed by atoms with Gasteiger partial charge in [0.15, 0.2) is 5.96 Å². The van der Waals surface area contributed by atoms with Crippen LogP contribution in [0.15, 0.2) is 72.1 Å². The van der Waals surface area contributed by atoms with E-state index in [-0.39, 0.29) is 12.0 Å². The lowest BCUT2D eigenvalue weighted by atomic mass is 9.80. The average Bonchev–Trinajstić information content (AvgIpc) is 3.19. The molecule has 4 aromatic rings. The fourth-order valence-corrected chi connectivity index (χ4v) is 4.38. The maximum Gasteiger partial charge on any atom is 0.343 e. The van der Waals surface area contributed by atoms with Gasteiger partial charge in [0.05, 0.1) is 10.9 Å². The first kappa shape index (κ1) is 21.4. The first-order chi connectivity index (χ1) is 16.5. The van der Waals surface area contributed by atoms with E-state index in [1.165, 1.54) is 6.33 Å². The molecule has 0 spiro atoms. The molecule has 9 nitrogen and oxygen atoms in total. The highest BCUT2D eigenvalue weighted by Crippen LogP contribution is 2.43. The molecule has 0 bridgehead atoms. The average molecular weight is 456 g/mol. The predicted octanol–water partition coefficient (Wildman–Crippen LogP) is 3.12. The van der Waals surface area contributed by atoms with Gasteiger partial charge in [-0.2, -0.15) is 0 Å². The minimum absolute atomic E-state index is 0.116. The van der Waals surface area contributed by atoms with Gasteiger partial charge in [0.1, 0.15) is 23.5 Å². The van der Waals surface area contributed by atoms with Gasteiger partial charge in [0.25, 0.3) is 0 Å². The second kappa shape index (κ2) is 8.86. The smallest absolute Gasteiger partial charge is 0.343 e. The highest BCUT2D eigenvalue weighted by molar-refractivity contribution is 6.01. The Hall–Kier alpha value is -4.40. The van der Waals surface area contributed by atoms with Crippen molar-refractivity contribution < 1.29 is 9.53 Å². The van der Waals surface area contributed by atoms with Crippen molar-refractivity contribution in [1.82, 2.24) is 14.5 Å². The molecule has 0 atom stereocenters. The molecule has 5 rings (SSSR count). The third-order valence-electron chi connectivity index (χ3n) is 6.14. The van der Waals surface area contributed by atoms with Gasteiger partial charge in [-0.05, 0) is 48.6 Å². The van der Waals surface area contributed by atoms with Crippen molar-refractivity contribution in [2.24, 2.45) is 22.4 Å². The Labute approximate surface area is 196 Å². The quantitative estimate of drug-likeness (QED) is 0.175. The summed E-state index contributed by atoms with van der Waals surface area (Å²) in [6.07, 6.45) is 5.41. The van der Waals surface area contributed by atoms with Crippen LogP contribution >= 0.6 is 0 Å². The molecule has 172 valence electrons. The number of hydrogen-bond acceptors (Lipinski definition) is 6. The van der Waals surface area contributed by atoms with Crippen molar-refractivity contribution >= 4 is 28.8 Å². The van der Waals surface area contributed by atoms with Crippen LogP contribution in [0.3, 0.4) is 0 Å². The van der Waals surface area contributed by atoms with E-state index in [0.29, 0.717) is 29.6 Å². The molecule has 2 aromatic heterocycles. The Morgan fingerprint density at radius 1 is 1.09 bits per heavy atom. The molecule has 0 aliphatic heterocycles. The van der Waals surface area contributed by atoms with Gasteiger partial charge in [0, 0.05) is 24.3 Å². The Balaban J connectivity index is 1.45. The number of fused-ring (bicyclic) bond motifs is 1. The SMILES string of the molecule is NC(N)=NCC1CC(n2cc(-c3cccc(OC(=O)c4ccccc4)c3)c3c(N)ncnc32)C1. The molecular formula is C25H25N7O2. The van der Waals surface area contributed by atoms with E-state index in [1.807, 2.05) is 24.3 Å². The van der Waals surface area contributed by atoms with Crippen molar-refractivity contribution in [2.75, 3.05) is 12.3 Å². The van der Waals surface area contributed by atoms with E-state index in [0.717, 1.165) is 35.0 Å². The van der Waals surface area contributed by atoms with E-state index in [1.54, 1.807) is 30.3 Å². The van der Waals surface area contributed by atoms with Crippen LogP contribution in [0.25, 0.3) is 22.2 Å². The number of aromatic nitrogens is 3. The maximum absolute atomic E-state index is 12.5. The summed E-state index contributed by atoms with van der Waals surface area (Å²) in [5.41, 5.74) is 20.2. The monoisotopic (exact) mass is 455 g/mol. The van der Waals surface area contributed by atoms with Crippen LogP contribution < -0.4 is 21.9 Å². The van der Waals surface area contributed by atoms with Crippen molar-refractivity contribution in [3.63, 3.8) is 0 Å². The van der Waals surface area contributed by atoms with E-state index < -0.39 is 5.97 Å². The second-order valence-electron chi connectivity index (χ2n) is 8.45. The zero-order valence-corrected chi connectivity index (χ0v) is 18.5. The Morgan fingerprint density at radius 2 is 1.88 bits per heavy atom.